The van der Waals surface area contributed by atoms with Crippen molar-refractivity contribution < 1.29 is 13.5 Å². The van der Waals surface area contributed by atoms with E-state index in [0.29, 0.717) is 6.54 Å². The van der Waals surface area contributed by atoms with Gasteiger partial charge in [0, 0.05) is 12.1 Å². The Hall–Kier alpha value is -1.42. The van der Waals surface area contributed by atoms with E-state index in [9.17, 15) is 8.78 Å². The van der Waals surface area contributed by atoms with Crippen molar-refractivity contribution in [3.8, 4) is 5.75 Å². The predicted octanol–water partition coefficient (Wildman–Crippen LogP) is 3.29. The smallest absolute Gasteiger partial charge is 0.200 e. The Labute approximate surface area is 107 Å². The molecule has 0 radical (unpaired) electrons. The number of nitrogens with one attached hydrogen (secondary N) is 1. The fraction of sp³-hybridized carbons (Fsp3) is 0.429. The molecule has 100 valence electrons. The molecular formula is C14H19F2NO. The van der Waals surface area contributed by atoms with Crippen LogP contribution < -0.4 is 10.1 Å². The second kappa shape index (κ2) is 5.96. The Bertz CT molecular complexity index is 424. The zero-order chi connectivity index (χ0) is 13.8. The summed E-state index contributed by atoms with van der Waals surface area (Å²) in [4.78, 5) is 0. The quantitative estimate of drug-likeness (QED) is 0.815. The highest BCUT2D eigenvalue weighted by Gasteiger charge is 2.11. The van der Waals surface area contributed by atoms with E-state index in [4.69, 9.17) is 4.74 Å². The highest BCUT2D eigenvalue weighted by molar-refractivity contribution is 5.25. The Morgan fingerprint density at radius 1 is 1.33 bits per heavy atom. The van der Waals surface area contributed by atoms with Gasteiger partial charge in [-0.05, 0) is 38.5 Å². The summed E-state index contributed by atoms with van der Waals surface area (Å²) in [7, 11) is 0. The second-order valence-corrected chi connectivity index (χ2v) is 5.19. The Morgan fingerprint density at radius 2 is 2.00 bits per heavy atom. The summed E-state index contributed by atoms with van der Waals surface area (Å²) >= 11 is 0. The molecule has 0 heterocycles. The molecule has 1 aromatic rings. The first-order chi connectivity index (χ1) is 8.29. The van der Waals surface area contributed by atoms with Crippen molar-refractivity contribution in [3.63, 3.8) is 0 Å². The van der Waals surface area contributed by atoms with Gasteiger partial charge >= 0.3 is 0 Å². The summed E-state index contributed by atoms with van der Waals surface area (Å²) in [6, 6.07) is 3.85. The van der Waals surface area contributed by atoms with Crippen LogP contribution in [0.15, 0.2) is 30.4 Å². The lowest BCUT2D eigenvalue weighted by Crippen LogP contribution is -2.37. The summed E-state index contributed by atoms with van der Waals surface area (Å²) in [5, 5.41) is 3.24. The van der Waals surface area contributed by atoms with Gasteiger partial charge in [0.1, 0.15) is 6.61 Å². The lowest BCUT2D eigenvalue weighted by atomic mass is 10.1. The number of benzene rings is 1. The maximum Gasteiger partial charge on any atom is 0.200 e. The first kappa shape index (κ1) is 14.6. The van der Waals surface area contributed by atoms with Crippen molar-refractivity contribution in [1.29, 1.82) is 0 Å². The van der Waals surface area contributed by atoms with Crippen LogP contribution in [0.3, 0.4) is 0 Å². The summed E-state index contributed by atoms with van der Waals surface area (Å²) in [6.45, 7) is 10.7. The van der Waals surface area contributed by atoms with E-state index in [0.717, 1.165) is 11.6 Å². The van der Waals surface area contributed by atoms with Crippen molar-refractivity contribution in [3.05, 3.63) is 42.0 Å². The zero-order valence-corrected chi connectivity index (χ0v) is 11.0. The van der Waals surface area contributed by atoms with Gasteiger partial charge < -0.3 is 10.1 Å². The lowest BCUT2D eigenvalue weighted by molar-refractivity contribution is 0.317. The molecule has 0 atom stereocenters. The van der Waals surface area contributed by atoms with Crippen LogP contribution >= 0.6 is 0 Å². The molecule has 0 bridgehead atoms. The Morgan fingerprint density at radius 3 is 2.61 bits per heavy atom. The number of rotatable bonds is 5. The van der Waals surface area contributed by atoms with E-state index in [1.54, 1.807) is 0 Å². The SMILES string of the molecule is C=C(CNC(C)(C)C)COc1cccc(F)c1F. The fourth-order valence-corrected chi connectivity index (χ4v) is 1.22. The normalized spacial score (nSPS) is 11.4. The van der Waals surface area contributed by atoms with Gasteiger partial charge in [0.25, 0.3) is 0 Å². The van der Waals surface area contributed by atoms with Crippen LogP contribution in [0.2, 0.25) is 0 Å². The van der Waals surface area contributed by atoms with Gasteiger partial charge in [0.2, 0.25) is 5.82 Å². The van der Waals surface area contributed by atoms with Crippen LogP contribution in [-0.2, 0) is 0 Å². The van der Waals surface area contributed by atoms with Crippen LogP contribution in [0.25, 0.3) is 0 Å². The van der Waals surface area contributed by atoms with Gasteiger partial charge in [-0.2, -0.15) is 4.39 Å². The van der Waals surface area contributed by atoms with Crippen molar-refractivity contribution in [2.24, 2.45) is 0 Å². The van der Waals surface area contributed by atoms with Gasteiger partial charge in [-0.1, -0.05) is 12.6 Å². The van der Waals surface area contributed by atoms with Crippen LogP contribution in [0, 0.1) is 11.6 Å². The number of halogens is 2. The summed E-state index contributed by atoms with van der Waals surface area (Å²) in [6.07, 6.45) is 0. The molecule has 1 aromatic carbocycles. The lowest BCUT2D eigenvalue weighted by Gasteiger charge is -2.21. The van der Waals surface area contributed by atoms with Crippen molar-refractivity contribution >= 4 is 0 Å². The van der Waals surface area contributed by atoms with E-state index < -0.39 is 11.6 Å². The average molecular weight is 255 g/mol. The Balaban J connectivity index is 2.46. The van der Waals surface area contributed by atoms with Crippen LogP contribution in [0.4, 0.5) is 8.78 Å². The molecule has 1 rings (SSSR count). The summed E-state index contributed by atoms with van der Waals surface area (Å²) in [5.41, 5.74) is 0.751. The minimum atomic E-state index is -0.964. The molecule has 0 aliphatic carbocycles. The number of hydrogen-bond donors (Lipinski definition) is 1. The van der Waals surface area contributed by atoms with E-state index >= 15 is 0 Å². The molecule has 0 aliphatic heterocycles. The van der Waals surface area contributed by atoms with Gasteiger partial charge in [-0.25, -0.2) is 4.39 Å². The first-order valence-electron chi connectivity index (χ1n) is 5.78. The molecule has 0 fully saturated rings. The molecule has 0 saturated heterocycles. The number of ether oxygens (including phenoxy) is 1. The topological polar surface area (TPSA) is 21.3 Å². The molecule has 0 spiro atoms. The van der Waals surface area contributed by atoms with Crippen molar-refractivity contribution in [2.45, 2.75) is 26.3 Å². The van der Waals surface area contributed by atoms with Gasteiger partial charge in [0.15, 0.2) is 11.6 Å². The van der Waals surface area contributed by atoms with Gasteiger partial charge in [-0.3, -0.25) is 0 Å². The average Bonchev–Trinajstić information content (AvgIpc) is 2.27. The highest BCUT2D eigenvalue weighted by Crippen LogP contribution is 2.19. The third kappa shape index (κ3) is 4.84. The third-order valence-corrected chi connectivity index (χ3v) is 2.22. The van der Waals surface area contributed by atoms with E-state index in [1.165, 1.54) is 12.1 Å². The van der Waals surface area contributed by atoms with Crippen molar-refractivity contribution in [1.82, 2.24) is 5.32 Å². The monoisotopic (exact) mass is 255 g/mol. The maximum atomic E-state index is 13.3. The van der Waals surface area contributed by atoms with Crippen LogP contribution in [0.5, 0.6) is 5.75 Å². The highest BCUT2D eigenvalue weighted by atomic mass is 19.2. The predicted molar refractivity (Wildman–Crippen MR) is 68.7 cm³/mol. The van der Waals surface area contributed by atoms with Crippen LogP contribution in [-0.4, -0.2) is 18.7 Å². The van der Waals surface area contributed by atoms with E-state index in [-0.39, 0.29) is 17.9 Å². The Kier molecular flexibility index (Phi) is 4.84. The van der Waals surface area contributed by atoms with Crippen LogP contribution in [0.1, 0.15) is 20.8 Å². The molecule has 0 aromatic heterocycles. The van der Waals surface area contributed by atoms with E-state index in [1.807, 2.05) is 20.8 Å². The largest absolute Gasteiger partial charge is 0.486 e. The molecule has 4 heteroatoms. The molecular weight excluding hydrogens is 236 g/mol. The standard InChI is InChI=1S/C14H19F2NO/c1-10(8-17-14(2,3)4)9-18-12-7-5-6-11(15)13(12)16/h5-7,17H,1,8-9H2,2-4H3. The number of hydrogen-bond acceptors (Lipinski definition) is 2. The maximum absolute atomic E-state index is 13.3. The molecule has 18 heavy (non-hydrogen) atoms. The van der Waals surface area contributed by atoms with Crippen molar-refractivity contribution in [2.75, 3.05) is 13.2 Å². The minimum Gasteiger partial charge on any atom is -0.486 e. The van der Waals surface area contributed by atoms with Gasteiger partial charge in [-0.15, -0.1) is 0 Å². The first-order valence-corrected chi connectivity index (χ1v) is 5.78. The summed E-state index contributed by atoms with van der Waals surface area (Å²) < 4.78 is 31.4. The zero-order valence-electron chi connectivity index (χ0n) is 11.0. The molecule has 0 amide bonds. The van der Waals surface area contributed by atoms with E-state index in [2.05, 4.69) is 11.9 Å². The summed E-state index contributed by atoms with van der Waals surface area (Å²) in [5.74, 6) is -1.97. The second-order valence-electron chi connectivity index (χ2n) is 5.19. The molecule has 0 aliphatic rings. The minimum absolute atomic E-state index is 0.0208. The molecule has 0 saturated carbocycles. The molecule has 1 N–H and O–H groups in total. The van der Waals surface area contributed by atoms with Gasteiger partial charge in [0.05, 0.1) is 0 Å². The third-order valence-electron chi connectivity index (χ3n) is 2.22. The molecule has 2 nitrogen and oxygen atoms in total. The fourth-order valence-electron chi connectivity index (χ4n) is 1.22. The molecule has 0 unspecified atom stereocenters.